The summed E-state index contributed by atoms with van der Waals surface area (Å²) in [6.45, 7) is 3.55. The van der Waals surface area contributed by atoms with Crippen LogP contribution in [0.4, 0.5) is 0 Å². The second-order valence-electron chi connectivity index (χ2n) is 5.43. The highest BCUT2D eigenvalue weighted by atomic mass is 32.1. The van der Waals surface area contributed by atoms with Gasteiger partial charge in [0.25, 0.3) is 5.66 Å². The highest BCUT2D eigenvalue weighted by molar-refractivity contribution is 7.12. The van der Waals surface area contributed by atoms with Crippen molar-refractivity contribution in [3.63, 3.8) is 0 Å². The van der Waals surface area contributed by atoms with Crippen molar-refractivity contribution in [2.45, 2.75) is 25.6 Å². The Hall–Kier alpha value is -1.89. The fourth-order valence-electron chi connectivity index (χ4n) is 2.88. The molecule has 3 rings (SSSR count). The fraction of sp³-hybridized carbons (Fsp3) is 0.312. The monoisotopic (exact) mass is 318 g/mol. The molecule has 1 aromatic carbocycles. The molecule has 0 unspecified atom stereocenters. The minimum absolute atomic E-state index is 0.386. The highest BCUT2D eigenvalue weighted by Crippen LogP contribution is 2.37. The molecule has 2 heterocycles. The molecule has 2 atom stereocenters. The first-order valence-corrected chi connectivity index (χ1v) is 7.89. The van der Waals surface area contributed by atoms with Gasteiger partial charge in [0.1, 0.15) is 11.8 Å². The largest absolute Gasteiger partial charge is 0.622 e. The van der Waals surface area contributed by atoms with Gasteiger partial charge >= 0.3 is 0 Å². The van der Waals surface area contributed by atoms with Crippen LogP contribution < -0.4 is 4.74 Å². The van der Waals surface area contributed by atoms with E-state index in [1.54, 1.807) is 38.3 Å². The third-order valence-corrected chi connectivity index (χ3v) is 5.13. The van der Waals surface area contributed by atoms with E-state index in [4.69, 9.17) is 4.74 Å². The minimum Gasteiger partial charge on any atom is -0.622 e. The van der Waals surface area contributed by atoms with Crippen molar-refractivity contribution in [3.8, 4) is 5.75 Å². The first-order chi connectivity index (χ1) is 10.5. The minimum atomic E-state index is -1.16. The van der Waals surface area contributed by atoms with E-state index in [9.17, 15) is 10.4 Å². The first kappa shape index (κ1) is 15.0. The molecule has 0 bridgehead atoms. The van der Waals surface area contributed by atoms with E-state index in [-0.39, 0.29) is 6.04 Å². The van der Waals surface area contributed by atoms with Crippen molar-refractivity contribution < 1.29 is 14.7 Å². The van der Waals surface area contributed by atoms with Crippen LogP contribution in [0.2, 0.25) is 0 Å². The third kappa shape index (κ3) is 2.03. The van der Waals surface area contributed by atoms with E-state index in [0.717, 1.165) is 14.7 Å². The van der Waals surface area contributed by atoms with Crippen LogP contribution in [0.3, 0.4) is 0 Å². The topological polar surface area (TPSA) is 58.8 Å². The van der Waals surface area contributed by atoms with Gasteiger partial charge in [0.15, 0.2) is 0 Å². The van der Waals surface area contributed by atoms with Crippen LogP contribution in [0.25, 0.3) is 0 Å². The summed E-state index contributed by atoms with van der Waals surface area (Å²) in [5.74, 6) is 0.711. The Bertz CT molecular complexity index is 697. The van der Waals surface area contributed by atoms with Gasteiger partial charge in [-0.2, -0.15) is 4.74 Å². The van der Waals surface area contributed by atoms with Crippen LogP contribution in [0, 0.1) is 5.21 Å². The van der Waals surface area contributed by atoms with Crippen molar-refractivity contribution >= 4 is 17.0 Å². The van der Waals surface area contributed by atoms with Gasteiger partial charge in [0.05, 0.1) is 12.0 Å². The smallest absolute Gasteiger partial charge is 0.274 e. The Kier molecular flexibility index (Phi) is 3.68. The average molecular weight is 318 g/mol. The molecular formula is C16H18N2O3S. The number of hydrogen-bond acceptors (Lipinski definition) is 5. The Labute approximate surface area is 133 Å². The van der Waals surface area contributed by atoms with E-state index in [1.165, 1.54) is 11.3 Å². The number of benzene rings is 1. The summed E-state index contributed by atoms with van der Waals surface area (Å²) < 4.78 is 6.06. The van der Waals surface area contributed by atoms with Crippen molar-refractivity contribution in [1.82, 2.24) is 5.06 Å². The molecule has 5 nitrogen and oxygen atoms in total. The number of thiophene rings is 1. The van der Waals surface area contributed by atoms with E-state index >= 15 is 0 Å². The predicted molar refractivity (Wildman–Crippen MR) is 85.5 cm³/mol. The lowest BCUT2D eigenvalue weighted by atomic mass is 10.0. The van der Waals surface area contributed by atoms with Gasteiger partial charge in [-0.1, -0.05) is 6.07 Å². The molecule has 2 aromatic rings. The van der Waals surface area contributed by atoms with Gasteiger partial charge in [-0.3, -0.25) is 0 Å². The predicted octanol–water partition coefficient (Wildman–Crippen LogP) is 3.02. The van der Waals surface area contributed by atoms with Crippen molar-refractivity contribution in [2.75, 3.05) is 7.11 Å². The van der Waals surface area contributed by atoms with Crippen LogP contribution in [0.5, 0.6) is 5.75 Å². The first-order valence-electron chi connectivity index (χ1n) is 7.01. The quantitative estimate of drug-likeness (QED) is 0.698. The number of hydrogen-bond donors (Lipinski definition) is 1. The van der Waals surface area contributed by atoms with Crippen molar-refractivity contribution in [2.24, 2.45) is 0 Å². The summed E-state index contributed by atoms with van der Waals surface area (Å²) in [6, 6.07) is 10.6. The Balaban J connectivity index is 2.11. The SMILES string of the molecule is COc1ccc([C@@]2(C)N(O)[C@@H](C)C(c3cccs3)=[N+]2[O-])cc1. The molecule has 0 radical (unpaired) electrons. The Morgan fingerprint density at radius 2 is 2.00 bits per heavy atom. The summed E-state index contributed by atoms with van der Waals surface area (Å²) in [5, 5.41) is 26.6. The molecule has 22 heavy (non-hydrogen) atoms. The number of ether oxygens (including phenoxy) is 1. The van der Waals surface area contributed by atoms with Crippen LogP contribution in [0.1, 0.15) is 24.3 Å². The number of nitrogens with zero attached hydrogens (tertiary/aromatic N) is 2. The molecule has 1 aromatic heterocycles. The molecular weight excluding hydrogens is 300 g/mol. The van der Waals surface area contributed by atoms with Crippen LogP contribution in [0.15, 0.2) is 41.8 Å². The maximum atomic E-state index is 13.0. The molecule has 0 spiro atoms. The normalized spacial score (nSPS) is 25.7. The number of rotatable bonds is 3. The average Bonchev–Trinajstić information content (AvgIpc) is 3.12. The van der Waals surface area contributed by atoms with Crippen LogP contribution in [-0.2, 0) is 5.66 Å². The summed E-state index contributed by atoms with van der Waals surface area (Å²) in [4.78, 5) is 0.874. The van der Waals surface area contributed by atoms with Crippen LogP contribution in [-0.4, -0.2) is 33.9 Å². The lowest BCUT2D eigenvalue weighted by molar-refractivity contribution is -0.595. The lowest BCUT2D eigenvalue weighted by Gasteiger charge is -2.29. The molecule has 0 saturated carbocycles. The Morgan fingerprint density at radius 3 is 2.55 bits per heavy atom. The summed E-state index contributed by atoms with van der Waals surface area (Å²) in [6.07, 6.45) is 0. The summed E-state index contributed by atoms with van der Waals surface area (Å²) in [5.41, 5.74) is 0.130. The lowest BCUT2D eigenvalue weighted by Crippen LogP contribution is -2.45. The van der Waals surface area contributed by atoms with Crippen LogP contribution >= 0.6 is 11.3 Å². The maximum Gasteiger partial charge on any atom is 0.274 e. The number of hydroxylamine groups is 3. The number of methoxy groups -OCH3 is 1. The molecule has 0 fully saturated rings. The molecule has 116 valence electrons. The second-order valence-corrected chi connectivity index (χ2v) is 6.37. The van der Waals surface area contributed by atoms with Gasteiger partial charge in [-0.05, 0) is 42.6 Å². The standard InChI is InChI=1S/C16H18N2O3S/c1-11-15(14-5-4-10-22-14)18(20)16(2,17(11)19)12-6-8-13(21-3)9-7-12/h4-11,19H,1-3H3/t11-,16-/m0/s1. The zero-order chi connectivity index (χ0) is 15.9. The van der Waals surface area contributed by atoms with E-state index < -0.39 is 5.66 Å². The fourth-order valence-corrected chi connectivity index (χ4v) is 3.71. The molecule has 0 aliphatic carbocycles. The van der Waals surface area contributed by atoms with Gasteiger partial charge in [0.2, 0.25) is 5.71 Å². The molecule has 1 N–H and O–H groups in total. The molecule has 0 saturated heterocycles. The molecule has 1 aliphatic rings. The van der Waals surface area contributed by atoms with Gasteiger partial charge in [-0.25, -0.2) is 0 Å². The third-order valence-electron chi connectivity index (χ3n) is 4.23. The second kappa shape index (κ2) is 5.39. The zero-order valence-corrected chi connectivity index (χ0v) is 13.5. The van der Waals surface area contributed by atoms with E-state index in [2.05, 4.69) is 0 Å². The summed E-state index contributed by atoms with van der Waals surface area (Å²) in [7, 11) is 1.59. The highest BCUT2D eigenvalue weighted by Gasteiger charge is 2.54. The molecule has 0 amide bonds. The summed E-state index contributed by atoms with van der Waals surface area (Å²) >= 11 is 1.50. The van der Waals surface area contributed by atoms with E-state index in [1.807, 2.05) is 24.4 Å². The van der Waals surface area contributed by atoms with E-state index in [0.29, 0.717) is 17.0 Å². The maximum absolute atomic E-state index is 13.0. The van der Waals surface area contributed by atoms with Gasteiger partial charge < -0.3 is 15.2 Å². The molecule has 6 heteroatoms. The van der Waals surface area contributed by atoms with Gasteiger partial charge in [0, 0.05) is 12.5 Å². The zero-order valence-electron chi connectivity index (χ0n) is 12.7. The Morgan fingerprint density at radius 1 is 1.32 bits per heavy atom. The van der Waals surface area contributed by atoms with Crippen molar-refractivity contribution in [1.29, 1.82) is 0 Å². The van der Waals surface area contributed by atoms with Gasteiger partial charge in [-0.15, -0.1) is 16.4 Å². The molecule has 1 aliphatic heterocycles. The van der Waals surface area contributed by atoms with Crippen molar-refractivity contribution in [3.05, 3.63) is 57.4 Å².